The Morgan fingerprint density at radius 3 is 2.48 bits per heavy atom. The van der Waals surface area contributed by atoms with Crippen LogP contribution in [0, 0.1) is 0 Å². The van der Waals surface area contributed by atoms with Crippen LogP contribution >= 0.6 is 0 Å². The van der Waals surface area contributed by atoms with Crippen molar-refractivity contribution < 1.29 is 9.59 Å². The van der Waals surface area contributed by atoms with Gasteiger partial charge in [-0.1, -0.05) is 36.4 Å². The number of rotatable bonds is 6. The maximum absolute atomic E-state index is 12.7. The first-order chi connectivity index (χ1) is 13.1. The van der Waals surface area contributed by atoms with Crippen molar-refractivity contribution in [2.75, 3.05) is 7.05 Å². The zero-order chi connectivity index (χ0) is 19.1. The van der Waals surface area contributed by atoms with Crippen molar-refractivity contribution in [2.24, 2.45) is 0 Å². The summed E-state index contributed by atoms with van der Waals surface area (Å²) in [5, 5.41) is 2.76. The van der Waals surface area contributed by atoms with Crippen LogP contribution in [0.5, 0.6) is 0 Å². The molecule has 6 heteroatoms. The lowest BCUT2D eigenvalue weighted by Crippen LogP contribution is -2.28. The van der Waals surface area contributed by atoms with Crippen molar-refractivity contribution in [3.05, 3.63) is 95.6 Å². The van der Waals surface area contributed by atoms with Crippen LogP contribution in [0.2, 0.25) is 0 Å². The number of amides is 2. The van der Waals surface area contributed by atoms with Gasteiger partial charge in [0.2, 0.25) is 0 Å². The summed E-state index contributed by atoms with van der Waals surface area (Å²) in [5.74, 6) is -0.513. The molecule has 0 spiro atoms. The van der Waals surface area contributed by atoms with Gasteiger partial charge in [0.25, 0.3) is 11.8 Å². The zero-order valence-electron chi connectivity index (χ0n) is 15.0. The summed E-state index contributed by atoms with van der Waals surface area (Å²) in [5.41, 5.74) is 2.41. The van der Waals surface area contributed by atoms with E-state index in [1.165, 1.54) is 12.3 Å². The van der Waals surface area contributed by atoms with Gasteiger partial charge in [-0.15, -0.1) is 0 Å². The van der Waals surface area contributed by atoms with Gasteiger partial charge >= 0.3 is 0 Å². The lowest BCUT2D eigenvalue weighted by Gasteiger charge is -2.17. The molecule has 2 amide bonds. The molecule has 0 unspecified atom stereocenters. The summed E-state index contributed by atoms with van der Waals surface area (Å²) in [6.07, 6.45) is 3.14. The summed E-state index contributed by atoms with van der Waals surface area (Å²) in [6, 6.07) is 18.4. The standard InChI is InChI=1S/C21H20N4O2/c1-25(15-16-7-3-2-4-8-16)21(27)17-10-12-23-19(13-17)20(26)24-14-18-9-5-6-11-22-18/h2-13H,14-15H2,1H3,(H,24,26). The number of nitrogens with zero attached hydrogens (tertiary/aromatic N) is 3. The first kappa shape index (κ1) is 18.3. The summed E-state index contributed by atoms with van der Waals surface area (Å²) < 4.78 is 0. The van der Waals surface area contributed by atoms with Gasteiger partial charge in [-0.05, 0) is 29.8 Å². The van der Waals surface area contributed by atoms with E-state index in [2.05, 4.69) is 15.3 Å². The molecule has 27 heavy (non-hydrogen) atoms. The molecule has 6 nitrogen and oxygen atoms in total. The smallest absolute Gasteiger partial charge is 0.270 e. The molecule has 0 radical (unpaired) electrons. The molecule has 3 rings (SSSR count). The molecule has 1 N–H and O–H groups in total. The third-order valence-corrected chi connectivity index (χ3v) is 4.01. The number of hydrogen-bond acceptors (Lipinski definition) is 4. The zero-order valence-corrected chi connectivity index (χ0v) is 15.0. The molecule has 0 aliphatic rings. The Kier molecular flexibility index (Phi) is 5.89. The predicted molar refractivity (Wildman–Crippen MR) is 102 cm³/mol. The van der Waals surface area contributed by atoms with Crippen molar-refractivity contribution in [3.8, 4) is 0 Å². The molecule has 0 saturated heterocycles. The average Bonchev–Trinajstić information content (AvgIpc) is 2.73. The third-order valence-electron chi connectivity index (χ3n) is 4.01. The number of pyridine rings is 2. The predicted octanol–water partition coefficient (Wildman–Crippen LogP) is 2.68. The number of benzene rings is 1. The lowest BCUT2D eigenvalue weighted by molar-refractivity contribution is 0.0785. The van der Waals surface area contributed by atoms with Crippen LogP contribution in [0.3, 0.4) is 0 Å². The molecule has 0 bridgehead atoms. The van der Waals surface area contributed by atoms with E-state index in [0.29, 0.717) is 18.7 Å². The molecule has 0 fully saturated rings. The first-order valence-electron chi connectivity index (χ1n) is 8.57. The van der Waals surface area contributed by atoms with Gasteiger partial charge in [0, 0.05) is 31.5 Å². The highest BCUT2D eigenvalue weighted by Crippen LogP contribution is 2.09. The highest BCUT2D eigenvalue weighted by molar-refractivity contribution is 5.98. The fourth-order valence-electron chi connectivity index (χ4n) is 2.60. The Hall–Kier alpha value is -3.54. The van der Waals surface area contributed by atoms with Crippen LogP contribution in [-0.2, 0) is 13.1 Å². The number of hydrogen-bond donors (Lipinski definition) is 1. The molecule has 2 heterocycles. The molecular weight excluding hydrogens is 340 g/mol. The highest BCUT2D eigenvalue weighted by Gasteiger charge is 2.15. The molecule has 0 aliphatic carbocycles. The van der Waals surface area contributed by atoms with Crippen LogP contribution < -0.4 is 5.32 Å². The third kappa shape index (κ3) is 4.98. The second kappa shape index (κ2) is 8.71. The normalized spacial score (nSPS) is 10.3. The Bertz CT molecular complexity index is 914. The largest absolute Gasteiger partial charge is 0.345 e. The maximum atomic E-state index is 12.7. The van der Waals surface area contributed by atoms with Gasteiger partial charge in [-0.3, -0.25) is 19.6 Å². The van der Waals surface area contributed by atoms with Crippen LogP contribution in [-0.4, -0.2) is 33.7 Å². The van der Waals surface area contributed by atoms with E-state index in [1.54, 1.807) is 24.2 Å². The SMILES string of the molecule is CN(Cc1ccccc1)C(=O)c1ccnc(C(=O)NCc2ccccn2)c1. The molecule has 2 aromatic heterocycles. The van der Waals surface area contributed by atoms with Crippen molar-refractivity contribution >= 4 is 11.8 Å². The minimum absolute atomic E-state index is 0.167. The van der Waals surface area contributed by atoms with Crippen LogP contribution in [0.1, 0.15) is 32.1 Å². The van der Waals surface area contributed by atoms with E-state index in [0.717, 1.165) is 11.3 Å². The van der Waals surface area contributed by atoms with E-state index in [9.17, 15) is 9.59 Å². The number of carbonyl (C=O) groups excluding carboxylic acids is 2. The second-order valence-electron chi connectivity index (χ2n) is 6.08. The van der Waals surface area contributed by atoms with Gasteiger partial charge in [-0.25, -0.2) is 0 Å². The van der Waals surface area contributed by atoms with Crippen molar-refractivity contribution in [1.82, 2.24) is 20.2 Å². The quantitative estimate of drug-likeness (QED) is 0.733. The number of carbonyl (C=O) groups is 2. The number of nitrogens with one attached hydrogen (secondary N) is 1. The van der Waals surface area contributed by atoms with Crippen LogP contribution in [0.4, 0.5) is 0 Å². The van der Waals surface area contributed by atoms with Crippen molar-refractivity contribution in [3.63, 3.8) is 0 Å². The van der Waals surface area contributed by atoms with Gasteiger partial charge in [0.05, 0.1) is 12.2 Å². The lowest BCUT2D eigenvalue weighted by atomic mass is 10.1. The Morgan fingerprint density at radius 2 is 1.74 bits per heavy atom. The minimum Gasteiger partial charge on any atom is -0.345 e. The molecule has 3 aromatic rings. The Morgan fingerprint density at radius 1 is 0.963 bits per heavy atom. The van der Waals surface area contributed by atoms with Crippen LogP contribution in [0.15, 0.2) is 73.1 Å². The molecule has 0 saturated carbocycles. The fraction of sp³-hybridized carbons (Fsp3) is 0.143. The maximum Gasteiger partial charge on any atom is 0.270 e. The molecule has 1 aromatic carbocycles. The van der Waals surface area contributed by atoms with E-state index in [-0.39, 0.29) is 17.5 Å². The minimum atomic E-state index is -0.346. The highest BCUT2D eigenvalue weighted by atomic mass is 16.2. The van der Waals surface area contributed by atoms with Gasteiger partial charge in [0.15, 0.2) is 0 Å². The Balaban J connectivity index is 1.65. The Labute approximate surface area is 157 Å². The fourth-order valence-corrected chi connectivity index (χ4v) is 2.60. The summed E-state index contributed by atoms with van der Waals surface area (Å²) in [7, 11) is 1.73. The molecule has 136 valence electrons. The van der Waals surface area contributed by atoms with E-state index in [4.69, 9.17) is 0 Å². The summed E-state index contributed by atoms with van der Waals surface area (Å²) in [4.78, 5) is 34.8. The van der Waals surface area contributed by atoms with Gasteiger partial charge in [-0.2, -0.15) is 0 Å². The van der Waals surface area contributed by atoms with Gasteiger partial charge < -0.3 is 10.2 Å². The average molecular weight is 360 g/mol. The second-order valence-corrected chi connectivity index (χ2v) is 6.08. The van der Waals surface area contributed by atoms with E-state index < -0.39 is 0 Å². The van der Waals surface area contributed by atoms with Crippen molar-refractivity contribution in [2.45, 2.75) is 13.1 Å². The van der Waals surface area contributed by atoms with Gasteiger partial charge in [0.1, 0.15) is 5.69 Å². The van der Waals surface area contributed by atoms with Crippen molar-refractivity contribution in [1.29, 1.82) is 0 Å². The molecule has 0 atom stereocenters. The summed E-state index contributed by atoms with van der Waals surface area (Å²) in [6.45, 7) is 0.788. The monoisotopic (exact) mass is 360 g/mol. The topological polar surface area (TPSA) is 75.2 Å². The first-order valence-corrected chi connectivity index (χ1v) is 8.57. The number of aromatic nitrogens is 2. The van der Waals surface area contributed by atoms with E-state index in [1.807, 2.05) is 48.5 Å². The summed E-state index contributed by atoms with van der Waals surface area (Å²) >= 11 is 0. The molecule has 0 aliphatic heterocycles. The molecular formula is C21H20N4O2. The van der Waals surface area contributed by atoms with E-state index >= 15 is 0 Å². The van der Waals surface area contributed by atoms with Crippen LogP contribution in [0.25, 0.3) is 0 Å².